The average Bonchev–Trinajstić information content (AvgIpc) is 2.25. The molecule has 0 aliphatic carbocycles. The van der Waals surface area contributed by atoms with Gasteiger partial charge < -0.3 is 4.79 Å². The van der Waals surface area contributed by atoms with Crippen molar-refractivity contribution in [1.82, 2.24) is 0 Å². The molecule has 86 valence electrons. The number of halogens is 1. The number of benzene rings is 1. The fraction of sp³-hybridized carbons (Fsp3) is 0.333. The molecular weight excluding hydrogens is 277 g/mol. The van der Waals surface area contributed by atoms with E-state index < -0.39 is 0 Å². The van der Waals surface area contributed by atoms with Crippen LogP contribution in [-0.4, -0.2) is 6.29 Å². The molecule has 2 nitrogen and oxygen atoms in total. The molecule has 0 aliphatic heterocycles. The van der Waals surface area contributed by atoms with Crippen LogP contribution in [-0.2, 0) is 26.6 Å². The number of hydrogen-bond donors (Lipinski definition) is 0. The zero-order chi connectivity index (χ0) is 13.2. The minimum atomic E-state index is -0.264. The van der Waals surface area contributed by atoms with Crippen LogP contribution in [0.5, 0.6) is 0 Å². The van der Waals surface area contributed by atoms with Crippen LogP contribution in [0.15, 0.2) is 24.3 Å². The first kappa shape index (κ1) is 17.9. The Labute approximate surface area is 112 Å². The Bertz CT molecular complexity index is 287. The van der Waals surface area contributed by atoms with Gasteiger partial charge in [0.2, 0.25) is 0 Å². The number of carbonyl (C=O) groups excluding carboxylic acids is 1. The van der Waals surface area contributed by atoms with Gasteiger partial charge in [0.1, 0.15) is 0 Å². The summed E-state index contributed by atoms with van der Waals surface area (Å²) in [5.74, 6) is 0. The Hall–Kier alpha value is -0.527. The molecule has 0 radical (unpaired) electrons. The van der Waals surface area contributed by atoms with Gasteiger partial charge in [0.25, 0.3) is 0 Å². The van der Waals surface area contributed by atoms with Crippen LogP contribution in [0, 0.1) is 12.3 Å². The van der Waals surface area contributed by atoms with Crippen molar-refractivity contribution < 1.29 is 26.6 Å². The third-order valence-electron chi connectivity index (χ3n) is 1.26. The molecule has 0 N–H and O–H groups in total. The third-order valence-corrected chi connectivity index (χ3v) is 1.63. The molecule has 4 heteroatoms. The van der Waals surface area contributed by atoms with Gasteiger partial charge in [-0.25, -0.2) is 0 Å². The summed E-state index contributed by atoms with van der Waals surface area (Å²) in [7, 11) is 0. The van der Waals surface area contributed by atoms with Gasteiger partial charge in [0.05, 0.1) is 0 Å². The van der Waals surface area contributed by atoms with Crippen molar-refractivity contribution in [3.63, 3.8) is 0 Å². The quantitative estimate of drug-likeness (QED) is 0.541. The zero-order valence-corrected chi connectivity index (χ0v) is 13.6. The van der Waals surface area contributed by atoms with Crippen LogP contribution < -0.4 is 0 Å². The first-order chi connectivity index (χ1) is 7.37. The van der Waals surface area contributed by atoms with Crippen molar-refractivity contribution in [1.29, 1.82) is 0 Å². The monoisotopic (exact) mass is 290 g/mol. The van der Waals surface area contributed by atoms with Crippen molar-refractivity contribution in [2.45, 2.75) is 20.8 Å². The molecule has 0 amide bonds. The summed E-state index contributed by atoms with van der Waals surface area (Å²) < 4.78 is 8.38. The second kappa shape index (κ2) is 9.68. The van der Waals surface area contributed by atoms with E-state index in [0.29, 0.717) is 0 Å². The van der Waals surface area contributed by atoms with Crippen LogP contribution in [0.3, 0.4) is 0 Å². The molecule has 1 rings (SSSR count). The van der Waals surface area contributed by atoms with E-state index in [-0.39, 0.29) is 23.7 Å². The fourth-order valence-electron chi connectivity index (χ4n) is 0.498. The summed E-state index contributed by atoms with van der Waals surface area (Å²) in [6.45, 7) is 9.15. The third kappa shape index (κ3) is 11.5. The van der Waals surface area contributed by atoms with E-state index in [2.05, 4.69) is 6.92 Å². The molecule has 0 aliphatic rings. The Morgan fingerprint density at radius 3 is 1.81 bits per heavy atom. The molecule has 0 saturated heterocycles. The summed E-state index contributed by atoms with van der Waals surface area (Å²) in [4.78, 5) is 9.70. The van der Waals surface area contributed by atoms with Crippen LogP contribution in [0.1, 0.15) is 26.3 Å². The van der Waals surface area contributed by atoms with Crippen LogP contribution in [0.25, 0.3) is 0 Å². The van der Waals surface area contributed by atoms with Crippen LogP contribution in [0.4, 0.5) is 0 Å². The van der Waals surface area contributed by atoms with Gasteiger partial charge in [-0.1, -0.05) is 31.9 Å². The second-order valence-electron chi connectivity index (χ2n) is 3.94. The van der Waals surface area contributed by atoms with Gasteiger partial charge in [-0.3, -0.25) is 6.29 Å². The summed E-state index contributed by atoms with van der Waals surface area (Å²) in [5.41, 5.74) is 0.620. The summed E-state index contributed by atoms with van der Waals surface area (Å²) in [5, 5.41) is 0.729. The summed E-state index contributed by atoms with van der Waals surface area (Å²) >= 11 is 5.77. The van der Waals surface area contributed by atoms with Crippen molar-refractivity contribution in [3.8, 4) is 0 Å². The molecule has 0 spiro atoms. The second-order valence-corrected chi connectivity index (χ2v) is 4.35. The molecule has 0 atom stereocenters. The van der Waals surface area contributed by atoms with E-state index in [9.17, 15) is 4.79 Å². The first-order valence-corrected chi connectivity index (χ1v) is 6.20. The van der Waals surface area contributed by atoms with Gasteiger partial charge in [0.15, 0.2) is 0 Å². The molecule has 16 heavy (non-hydrogen) atoms. The van der Waals surface area contributed by atoms with Gasteiger partial charge >= 0.3 is 21.8 Å². The summed E-state index contributed by atoms with van der Waals surface area (Å²) in [6.07, 6.45) is 1.85. The Balaban J connectivity index is 0. The molecular formula is C12H15ClO2Zn-2. The number of rotatable bonds is 0. The standard InChI is InChI=1S/C7H6Cl.C5H9O.O.Zn/c1-6-4-2-3-5-7(6)8;1-5(2,3)4-6;;/h2-5H,1H2;1-3H3;;/q2*-1;;. The Kier molecular flexibility index (Phi) is 10.8. The molecule has 1 aromatic rings. The minimum absolute atomic E-state index is 0.125. The van der Waals surface area contributed by atoms with Crippen molar-refractivity contribution in [2.75, 3.05) is 0 Å². The topological polar surface area (TPSA) is 34.1 Å². The molecule has 1 aromatic carbocycles. The maximum atomic E-state index is 9.70. The molecule has 0 saturated carbocycles. The van der Waals surface area contributed by atoms with Crippen LogP contribution >= 0.6 is 11.6 Å². The molecule has 0 heterocycles. The SMILES string of the molecule is CC(C)(C)[C-]=O.[CH2-]c1ccccc1Cl.[O]=[Zn]. The summed E-state index contributed by atoms with van der Waals surface area (Å²) in [6, 6.07) is 7.50. The first-order valence-electron chi connectivity index (χ1n) is 4.61. The molecule has 0 aromatic heterocycles. The van der Waals surface area contributed by atoms with Gasteiger partial charge in [-0.05, 0) is 0 Å². The van der Waals surface area contributed by atoms with Gasteiger partial charge in [-0.15, -0.1) is 17.5 Å². The van der Waals surface area contributed by atoms with E-state index in [1.807, 2.05) is 51.3 Å². The molecule has 0 unspecified atom stereocenters. The zero-order valence-electron chi connectivity index (χ0n) is 9.92. The van der Waals surface area contributed by atoms with E-state index in [4.69, 9.17) is 15.2 Å². The Morgan fingerprint density at radius 2 is 1.62 bits per heavy atom. The predicted octanol–water partition coefficient (Wildman–Crippen LogP) is 3.54. The average molecular weight is 292 g/mol. The van der Waals surface area contributed by atoms with Crippen molar-refractivity contribution in [3.05, 3.63) is 41.8 Å². The number of hydrogen-bond acceptors (Lipinski definition) is 2. The fourth-order valence-corrected chi connectivity index (χ4v) is 0.634. The van der Waals surface area contributed by atoms with Crippen LogP contribution in [0.2, 0.25) is 5.02 Å². The van der Waals surface area contributed by atoms with Crippen molar-refractivity contribution >= 4 is 17.9 Å². The van der Waals surface area contributed by atoms with Gasteiger partial charge in [0, 0.05) is 0 Å². The molecule has 0 fully saturated rings. The van der Waals surface area contributed by atoms with Gasteiger partial charge in [-0.2, -0.15) is 30.2 Å². The van der Waals surface area contributed by atoms with E-state index in [1.165, 1.54) is 0 Å². The Morgan fingerprint density at radius 1 is 1.25 bits per heavy atom. The van der Waals surface area contributed by atoms with E-state index >= 15 is 0 Å². The van der Waals surface area contributed by atoms with E-state index in [1.54, 1.807) is 0 Å². The van der Waals surface area contributed by atoms with Crippen molar-refractivity contribution in [2.24, 2.45) is 5.41 Å². The normalized spacial score (nSPS) is 9.12. The maximum absolute atomic E-state index is 9.70. The predicted molar refractivity (Wildman–Crippen MR) is 61.7 cm³/mol. The molecule has 0 bridgehead atoms. The van der Waals surface area contributed by atoms with E-state index in [0.717, 1.165) is 10.6 Å².